The molecule has 1 saturated heterocycles. The van der Waals surface area contributed by atoms with Gasteiger partial charge in [0, 0.05) is 19.0 Å². The Morgan fingerprint density at radius 2 is 1.79 bits per heavy atom. The number of nitrogens with zero attached hydrogens (tertiary/aromatic N) is 3. The lowest BCUT2D eigenvalue weighted by molar-refractivity contribution is -0.131. The van der Waals surface area contributed by atoms with Gasteiger partial charge in [-0.25, -0.2) is 9.97 Å². The largest absolute Gasteiger partial charge is 0.339 e. The number of aromatic nitrogens is 2. The summed E-state index contributed by atoms with van der Waals surface area (Å²) < 4.78 is 0. The first-order chi connectivity index (χ1) is 14.1. The van der Waals surface area contributed by atoms with E-state index in [1.807, 2.05) is 29.2 Å². The second-order valence-electron chi connectivity index (χ2n) is 7.85. The predicted octanol–water partition coefficient (Wildman–Crippen LogP) is 5.02. The van der Waals surface area contributed by atoms with Gasteiger partial charge >= 0.3 is 0 Å². The van der Waals surface area contributed by atoms with Crippen molar-refractivity contribution in [2.24, 2.45) is 0 Å². The van der Waals surface area contributed by atoms with E-state index in [4.69, 9.17) is 9.97 Å². The molecule has 1 aliphatic rings. The summed E-state index contributed by atoms with van der Waals surface area (Å²) in [7, 11) is 0. The smallest absolute Gasteiger partial charge is 0.233 e. The third-order valence-corrected chi connectivity index (χ3v) is 6.55. The average Bonchev–Trinajstić information content (AvgIpc) is 2.74. The highest BCUT2D eigenvalue weighted by Gasteiger charge is 2.23. The summed E-state index contributed by atoms with van der Waals surface area (Å²) in [4.78, 5) is 24.6. The van der Waals surface area contributed by atoms with Crippen molar-refractivity contribution in [2.75, 3.05) is 12.3 Å². The monoisotopic (exact) mass is 405 g/mol. The Hall–Kier alpha value is -2.40. The van der Waals surface area contributed by atoms with Crippen molar-refractivity contribution in [1.29, 1.82) is 0 Å². The number of rotatable bonds is 5. The average molecular weight is 406 g/mol. The summed E-state index contributed by atoms with van der Waals surface area (Å²) in [5.74, 6) is 0.622. The molecule has 0 radical (unpaired) electrons. The van der Waals surface area contributed by atoms with Crippen LogP contribution in [0.2, 0.25) is 0 Å². The zero-order chi connectivity index (χ0) is 20.2. The molecule has 1 aliphatic heterocycles. The van der Waals surface area contributed by atoms with Gasteiger partial charge in [-0.15, -0.1) is 0 Å². The van der Waals surface area contributed by atoms with Crippen molar-refractivity contribution < 1.29 is 4.79 Å². The number of carbonyl (C=O) groups is 1. The van der Waals surface area contributed by atoms with Gasteiger partial charge in [0.15, 0.2) is 0 Å². The number of likely N-dealkylation sites (tertiary alicyclic amines) is 1. The number of para-hydroxylation sites is 2. The minimum absolute atomic E-state index is 0.207. The fraction of sp³-hybridized carbons (Fsp3) is 0.375. The summed E-state index contributed by atoms with van der Waals surface area (Å²) in [5.41, 5.74) is 5.17. The zero-order valence-electron chi connectivity index (χ0n) is 17.1. The first kappa shape index (κ1) is 19.9. The molecule has 2 aromatic carbocycles. The fourth-order valence-electron chi connectivity index (χ4n) is 3.83. The molecule has 1 aromatic heterocycles. The number of benzene rings is 2. The maximum Gasteiger partial charge on any atom is 0.233 e. The molecule has 1 unspecified atom stereocenters. The number of hydrogen-bond donors (Lipinski definition) is 0. The summed E-state index contributed by atoms with van der Waals surface area (Å²) in [6.07, 6.45) is 4.14. The van der Waals surface area contributed by atoms with Crippen LogP contribution in [-0.4, -0.2) is 39.1 Å². The number of piperidine rings is 1. The predicted molar refractivity (Wildman–Crippen MR) is 119 cm³/mol. The lowest BCUT2D eigenvalue weighted by atomic mass is 10.0. The molecular formula is C24H27N3OS. The minimum Gasteiger partial charge on any atom is -0.339 e. The van der Waals surface area contributed by atoms with Crippen LogP contribution >= 0.6 is 11.8 Å². The van der Waals surface area contributed by atoms with Crippen LogP contribution in [0.3, 0.4) is 0 Å². The van der Waals surface area contributed by atoms with Crippen LogP contribution in [0.4, 0.5) is 0 Å². The summed E-state index contributed by atoms with van der Waals surface area (Å²) >= 11 is 1.52. The minimum atomic E-state index is 0.207. The molecule has 0 bridgehead atoms. The van der Waals surface area contributed by atoms with E-state index in [9.17, 15) is 4.79 Å². The molecule has 1 fully saturated rings. The number of amides is 1. The third-order valence-electron chi connectivity index (χ3n) is 5.55. The first-order valence-corrected chi connectivity index (χ1v) is 11.3. The zero-order valence-corrected chi connectivity index (χ0v) is 17.9. The van der Waals surface area contributed by atoms with Gasteiger partial charge in [0.1, 0.15) is 5.03 Å². The molecule has 2 heterocycles. The van der Waals surface area contributed by atoms with E-state index in [-0.39, 0.29) is 5.91 Å². The van der Waals surface area contributed by atoms with Crippen molar-refractivity contribution >= 4 is 28.7 Å². The highest BCUT2D eigenvalue weighted by Crippen LogP contribution is 2.26. The Balaban J connectivity index is 1.57. The molecule has 29 heavy (non-hydrogen) atoms. The van der Waals surface area contributed by atoms with Gasteiger partial charge in [0.2, 0.25) is 5.91 Å². The molecule has 1 atom stereocenters. The Kier molecular flexibility index (Phi) is 6.14. The molecule has 4 rings (SSSR count). The van der Waals surface area contributed by atoms with Gasteiger partial charge in [0.05, 0.1) is 22.5 Å². The van der Waals surface area contributed by atoms with E-state index in [1.54, 1.807) is 0 Å². The van der Waals surface area contributed by atoms with Crippen LogP contribution in [0, 0.1) is 6.92 Å². The van der Waals surface area contributed by atoms with Crippen LogP contribution in [0.15, 0.2) is 53.6 Å². The highest BCUT2D eigenvalue weighted by molar-refractivity contribution is 7.99. The normalized spacial score (nSPS) is 16.9. The molecule has 4 nitrogen and oxygen atoms in total. The topological polar surface area (TPSA) is 46.1 Å². The molecule has 0 N–H and O–H groups in total. The number of thioether (sulfide) groups is 1. The molecule has 3 aromatic rings. The Bertz CT molecular complexity index is 1000. The van der Waals surface area contributed by atoms with Gasteiger partial charge in [-0.05, 0) is 50.8 Å². The van der Waals surface area contributed by atoms with Crippen molar-refractivity contribution in [1.82, 2.24) is 14.9 Å². The van der Waals surface area contributed by atoms with E-state index >= 15 is 0 Å². The van der Waals surface area contributed by atoms with Crippen molar-refractivity contribution in [3.63, 3.8) is 0 Å². The second kappa shape index (κ2) is 8.95. The standard InChI is InChI=1S/C24H27N3OS/c1-17-10-12-19(13-11-17)15-22-24(26-21-9-4-3-8-20(21)25-22)29-16-23(28)27-14-6-5-7-18(27)2/h3-4,8-13,18H,5-7,14-16H2,1-2H3. The fourth-order valence-corrected chi connectivity index (χ4v) is 4.71. The van der Waals surface area contributed by atoms with Gasteiger partial charge in [0.25, 0.3) is 0 Å². The van der Waals surface area contributed by atoms with E-state index < -0.39 is 0 Å². The van der Waals surface area contributed by atoms with Crippen LogP contribution in [0.5, 0.6) is 0 Å². The lowest BCUT2D eigenvalue weighted by Gasteiger charge is -2.33. The van der Waals surface area contributed by atoms with Crippen LogP contribution < -0.4 is 0 Å². The van der Waals surface area contributed by atoms with E-state index in [0.717, 1.165) is 47.6 Å². The third kappa shape index (κ3) is 4.78. The van der Waals surface area contributed by atoms with Crippen LogP contribution in [0.1, 0.15) is 43.0 Å². The maximum atomic E-state index is 12.8. The SMILES string of the molecule is Cc1ccc(Cc2nc3ccccc3nc2SCC(=O)N2CCCCC2C)cc1. The molecule has 150 valence electrons. The Morgan fingerprint density at radius 3 is 2.52 bits per heavy atom. The summed E-state index contributed by atoms with van der Waals surface area (Å²) in [6, 6.07) is 16.8. The van der Waals surface area contributed by atoms with E-state index in [1.165, 1.54) is 29.3 Å². The molecule has 1 amide bonds. The second-order valence-corrected chi connectivity index (χ2v) is 8.81. The molecule has 0 saturated carbocycles. The lowest BCUT2D eigenvalue weighted by Crippen LogP contribution is -2.42. The first-order valence-electron chi connectivity index (χ1n) is 10.3. The number of fused-ring (bicyclic) bond motifs is 1. The van der Waals surface area contributed by atoms with E-state index in [2.05, 4.69) is 38.1 Å². The number of hydrogen-bond acceptors (Lipinski definition) is 4. The van der Waals surface area contributed by atoms with Crippen molar-refractivity contribution in [2.45, 2.75) is 50.6 Å². The van der Waals surface area contributed by atoms with Crippen LogP contribution in [0.25, 0.3) is 11.0 Å². The quantitative estimate of drug-likeness (QED) is 0.559. The maximum absolute atomic E-state index is 12.8. The number of carbonyl (C=O) groups excluding carboxylic acids is 1. The molecule has 0 aliphatic carbocycles. The van der Waals surface area contributed by atoms with Gasteiger partial charge in [-0.2, -0.15) is 0 Å². The summed E-state index contributed by atoms with van der Waals surface area (Å²) in [5, 5.41) is 0.863. The Labute approximate surface area is 176 Å². The summed E-state index contributed by atoms with van der Waals surface area (Å²) in [6.45, 7) is 5.12. The molecule has 0 spiro atoms. The van der Waals surface area contributed by atoms with Crippen molar-refractivity contribution in [3.05, 3.63) is 65.4 Å². The van der Waals surface area contributed by atoms with Crippen LogP contribution in [-0.2, 0) is 11.2 Å². The van der Waals surface area contributed by atoms with Crippen molar-refractivity contribution in [3.8, 4) is 0 Å². The highest BCUT2D eigenvalue weighted by atomic mass is 32.2. The van der Waals surface area contributed by atoms with Gasteiger partial charge in [-0.3, -0.25) is 4.79 Å². The van der Waals surface area contributed by atoms with Gasteiger partial charge < -0.3 is 4.90 Å². The van der Waals surface area contributed by atoms with E-state index in [0.29, 0.717) is 11.8 Å². The molecular weight excluding hydrogens is 378 g/mol. The van der Waals surface area contributed by atoms with Gasteiger partial charge in [-0.1, -0.05) is 53.7 Å². The number of aryl methyl sites for hydroxylation is 1. The Morgan fingerprint density at radius 1 is 1.07 bits per heavy atom. The molecule has 5 heteroatoms.